The molecule has 0 bridgehead atoms. The molecule has 0 radical (unpaired) electrons. The van der Waals surface area contributed by atoms with Crippen molar-refractivity contribution in [3.05, 3.63) is 71.5 Å². The Morgan fingerprint density at radius 2 is 1.86 bits per heavy atom. The van der Waals surface area contributed by atoms with Crippen LogP contribution in [0.5, 0.6) is 0 Å². The minimum absolute atomic E-state index is 0.153. The van der Waals surface area contributed by atoms with Crippen LogP contribution in [0.15, 0.2) is 59.0 Å². The van der Waals surface area contributed by atoms with E-state index in [1.807, 2.05) is 24.3 Å². The van der Waals surface area contributed by atoms with Crippen molar-refractivity contribution in [3.63, 3.8) is 0 Å². The van der Waals surface area contributed by atoms with Crippen LogP contribution < -0.4 is 5.32 Å². The molecule has 0 fully saturated rings. The van der Waals surface area contributed by atoms with E-state index in [-0.39, 0.29) is 5.91 Å². The molecule has 2 aromatic carbocycles. The predicted molar refractivity (Wildman–Crippen MR) is 88.0 cm³/mol. The summed E-state index contributed by atoms with van der Waals surface area (Å²) >= 11 is 0. The van der Waals surface area contributed by atoms with Gasteiger partial charge in [-0.25, -0.2) is 0 Å². The molecule has 1 N–H and O–H groups in total. The number of carbonyl (C=O) groups excluding carboxylic acids is 1. The topological polar surface area (TPSA) is 42.2 Å². The first-order chi connectivity index (χ1) is 10.7. The molecule has 3 aromatic rings. The van der Waals surface area contributed by atoms with Gasteiger partial charge in [0, 0.05) is 11.9 Å². The lowest BCUT2D eigenvalue weighted by molar-refractivity contribution is 0.0927. The Morgan fingerprint density at radius 1 is 1.09 bits per heavy atom. The minimum Gasteiger partial charge on any atom is -0.451 e. The van der Waals surface area contributed by atoms with Gasteiger partial charge in [0.2, 0.25) is 0 Å². The number of carbonyl (C=O) groups is 1. The Labute approximate surface area is 130 Å². The van der Waals surface area contributed by atoms with E-state index in [0.717, 1.165) is 23.8 Å². The molecule has 1 amide bonds. The molecule has 3 heteroatoms. The monoisotopic (exact) mass is 293 g/mol. The number of aryl methyl sites for hydroxylation is 2. The maximum absolute atomic E-state index is 12.1. The van der Waals surface area contributed by atoms with Crippen LogP contribution in [-0.2, 0) is 6.42 Å². The van der Waals surface area contributed by atoms with E-state index < -0.39 is 0 Å². The summed E-state index contributed by atoms with van der Waals surface area (Å²) in [5, 5.41) is 3.86. The number of hydrogen-bond donors (Lipinski definition) is 1. The van der Waals surface area contributed by atoms with Crippen LogP contribution in [0.1, 0.15) is 28.1 Å². The van der Waals surface area contributed by atoms with Crippen molar-refractivity contribution < 1.29 is 9.21 Å². The second-order valence-corrected chi connectivity index (χ2v) is 5.49. The van der Waals surface area contributed by atoms with E-state index in [2.05, 4.69) is 36.5 Å². The van der Waals surface area contributed by atoms with Gasteiger partial charge >= 0.3 is 0 Å². The van der Waals surface area contributed by atoms with Crippen molar-refractivity contribution in [1.29, 1.82) is 0 Å². The first kappa shape index (κ1) is 14.4. The predicted octanol–water partition coefficient (Wildman–Crippen LogP) is 4.10. The quantitative estimate of drug-likeness (QED) is 0.719. The number of rotatable bonds is 5. The molecule has 0 saturated carbocycles. The SMILES string of the molecule is Cc1ccc(CCCNC(=O)c2cc3ccccc3o2)cc1. The standard InChI is InChI=1S/C19H19NO2/c1-14-8-10-15(11-9-14)5-4-12-20-19(21)18-13-16-6-2-3-7-17(16)22-18/h2-3,6-11,13H,4-5,12H2,1H3,(H,20,21). The van der Waals surface area contributed by atoms with Gasteiger partial charge < -0.3 is 9.73 Å². The molecular weight excluding hydrogens is 274 g/mol. The van der Waals surface area contributed by atoms with Crippen LogP contribution in [0.4, 0.5) is 0 Å². The highest BCUT2D eigenvalue weighted by atomic mass is 16.3. The second-order valence-electron chi connectivity index (χ2n) is 5.49. The maximum atomic E-state index is 12.1. The first-order valence-corrected chi connectivity index (χ1v) is 7.55. The third-order valence-corrected chi connectivity index (χ3v) is 3.70. The summed E-state index contributed by atoms with van der Waals surface area (Å²) < 4.78 is 5.55. The number of hydrogen-bond acceptors (Lipinski definition) is 2. The van der Waals surface area contributed by atoms with Crippen LogP contribution in [0, 0.1) is 6.92 Å². The average molecular weight is 293 g/mol. The van der Waals surface area contributed by atoms with Crippen molar-refractivity contribution in [2.75, 3.05) is 6.54 Å². The molecule has 22 heavy (non-hydrogen) atoms. The number of amides is 1. The molecule has 0 saturated heterocycles. The number of fused-ring (bicyclic) bond motifs is 1. The van der Waals surface area contributed by atoms with Crippen LogP contribution >= 0.6 is 0 Å². The van der Waals surface area contributed by atoms with Crippen molar-refractivity contribution >= 4 is 16.9 Å². The lowest BCUT2D eigenvalue weighted by Crippen LogP contribution is -2.24. The Balaban J connectivity index is 1.50. The maximum Gasteiger partial charge on any atom is 0.287 e. The van der Waals surface area contributed by atoms with E-state index in [4.69, 9.17) is 4.42 Å². The van der Waals surface area contributed by atoms with Gasteiger partial charge in [0.25, 0.3) is 5.91 Å². The molecule has 0 unspecified atom stereocenters. The lowest BCUT2D eigenvalue weighted by atomic mass is 10.1. The number of benzene rings is 2. The molecular formula is C19H19NO2. The molecule has 3 rings (SSSR count). The molecule has 0 spiro atoms. The van der Waals surface area contributed by atoms with E-state index >= 15 is 0 Å². The number of furan rings is 1. The van der Waals surface area contributed by atoms with Crippen molar-refractivity contribution in [2.24, 2.45) is 0 Å². The Bertz CT molecular complexity index is 738. The zero-order chi connectivity index (χ0) is 15.4. The van der Waals surface area contributed by atoms with Gasteiger partial charge in [-0.3, -0.25) is 4.79 Å². The summed E-state index contributed by atoms with van der Waals surface area (Å²) in [5.74, 6) is 0.219. The fourth-order valence-electron chi connectivity index (χ4n) is 2.43. The third kappa shape index (κ3) is 3.37. The van der Waals surface area contributed by atoms with Crippen molar-refractivity contribution in [3.8, 4) is 0 Å². The lowest BCUT2D eigenvalue weighted by Gasteiger charge is -2.04. The Hall–Kier alpha value is -2.55. The van der Waals surface area contributed by atoms with Crippen molar-refractivity contribution in [2.45, 2.75) is 19.8 Å². The average Bonchev–Trinajstić information content (AvgIpc) is 2.97. The normalized spacial score (nSPS) is 10.8. The fraction of sp³-hybridized carbons (Fsp3) is 0.211. The molecule has 3 nitrogen and oxygen atoms in total. The summed E-state index contributed by atoms with van der Waals surface area (Å²) in [6, 6.07) is 17.9. The van der Waals surface area contributed by atoms with Crippen LogP contribution in [0.3, 0.4) is 0 Å². The number of nitrogens with one attached hydrogen (secondary N) is 1. The van der Waals surface area contributed by atoms with Gasteiger partial charge in [-0.05, 0) is 37.5 Å². The molecule has 0 aliphatic rings. The highest BCUT2D eigenvalue weighted by Crippen LogP contribution is 2.18. The smallest absolute Gasteiger partial charge is 0.287 e. The van der Waals surface area contributed by atoms with E-state index in [0.29, 0.717) is 12.3 Å². The highest BCUT2D eigenvalue weighted by Gasteiger charge is 2.11. The highest BCUT2D eigenvalue weighted by molar-refractivity contribution is 5.95. The first-order valence-electron chi connectivity index (χ1n) is 7.55. The van der Waals surface area contributed by atoms with Crippen LogP contribution in [-0.4, -0.2) is 12.5 Å². The summed E-state index contributed by atoms with van der Waals surface area (Å²) in [6.45, 7) is 2.72. The summed E-state index contributed by atoms with van der Waals surface area (Å²) in [7, 11) is 0. The zero-order valence-corrected chi connectivity index (χ0v) is 12.6. The zero-order valence-electron chi connectivity index (χ0n) is 12.6. The Morgan fingerprint density at radius 3 is 2.64 bits per heavy atom. The molecule has 1 heterocycles. The number of para-hydroxylation sites is 1. The summed E-state index contributed by atoms with van der Waals surface area (Å²) in [5.41, 5.74) is 3.30. The molecule has 112 valence electrons. The fourth-order valence-corrected chi connectivity index (χ4v) is 2.43. The Kier molecular flexibility index (Phi) is 4.24. The largest absolute Gasteiger partial charge is 0.451 e. The molecule has 1 aromatic heterocycles. The van der Waals surface area contributed by atoms with Gasteiger partial charge in [0.05, 0.1) is 0 Å². The minimum atomic E-state index is -0.153. The van der Waals surface area contributed by atoms with Crippen molar-refractivity contribution in [1.82, 2.24) is 5.32 Å². The van der Waals surface area contributed by atoms with Gasteiger partial charge in [-0.15, -0.1) is 0 Å². The van der Waals surface area contributed by atoms with Crippen LogP contribution in [0.25, 0.3) is 11.0 Å². The van der Waals surface area contributed by atoms with E-state index in [1.165, 1.54) is 11.1 Å². The van der Waals surface area contributed by atoms with Gasteiger partial charge in [0.15, 0.2) is 5.76 Å². The molecule has 0 aliphatic carbocycles. The van der Waals surface area contributed by atoms with E-state index in [1.54, 1.807) is 6.07 Å². The van der Waals surface area contributed by atoms with E-state index in [9.17, 15) is 4.79 Å². The third-order valence-electron chi connectivity index (χ3n) is 3.70. The summed E-state index contributed by atoms with van der Waals surface area (Å²) in [4.78, 5) is 12.1. The second kappa shape index (κ2) is 6.48. The van der Waals surface area contributed by atoms with Crippen LogP contribution in [0.2, 0.25) is 0 Å². The van der Waals surface area contributed by atoms with Gasteiger partial charge in [-0.1, -0.05) is 48.0 Å². The molecule has 0 atom stereocenters. The summed E-state index contributed by atoms with van der Waals surface area (Å²) in [6.07, 6.45) is 1.87. The van der Waals surface area contributed by atoms with Gasteiger partial charge in [-0.2, -0.15) is 0 Å². The van der Waals surface area contributed by atoms with Gasteiger partial charge in [0.1, 0.15) is 5.58 Å². The molecule has 0 aliphatic heterocycles.